The maximum atomic E-state index is 13.4. The van der Waals surface area contributed by atoms with Crippen LogP contribution in [0.1, 0.15) is 19.0 Å². The summed E-state index contributed by atoms with van der Waals surface area (Å²) >= 11 is 0. The van der Waals surface area contributed by atoms with E-state index in [0.29, 0.717) is 0 Å². The predicted molar refractivity (Wildman–Crippen MR) is 67.6 cm³/mol. The molecule has 0 unspecified atom stereocenters. The van der Waals surface area contributed by atoms with Gasteiger partial charge in [-0.25, -0.2) is 9.37 Å². The number of aromatic nitrogens is 3. The van der Waals surface area contributed by atoms with Crippen LogP contribution in [0, 0.1) is 5.82 Å². The largest absolute Gasteiger partial charge is 0.283 e. The number of aromatic amines is 1. The summed E-state index contributed by atoms with van der Waals surface area (Å²) in [5.74, 6) is -0.784. The lowest BCUT2D eigenvalue weighted by molar-refractivity contribution is 0.556. The highest BCUT2D eigenvalue weighted by Crippen LogP contribution is 2.15. The minimum Gasteiger partial charge on any atom is -0.280 e. The standard InChI is InChI=1S/C11H13FN4O2S/c1-2-4-8-7-10(15-14-8)16-19(17,18)11-9(12)5-3-6-13-11/h3,5-7H,2,4H2,1H3,(H2,14,15,16). The van der Waals surface area contributed by atoms with Crippen LogP contribution in [0.3, 0.4) is 0 Å². The Morgan fingerprint density at radius 3 is 2.95 bits per heavy atom. The molecular weight excluding hydrogens is 271 g/mol. The van der Waals surface area contributed by atoms with E-state index < -0.39 is 20.9 Å². The van der Waals surface area contributed by atoms with Crippen molar-refractivity contribution >= 4 is 15.8 Å². The number of anilines is 1. The Hall–Kier alpha value is -1.96. The van der Waals surface area contributed by atoms with Gasteiger partial charge in [-0.2, -0.15) is 13.5 Å². The Balaban J connectivity index is 2.24. The number of nitrogens with one attached hydrogen (secondary N) is 2. The van der Waals surface area contributed by atoms with Crippen molar-refractivity contribution in [2.75, 3.05) is 4.72 Å². The van der Waals surface area contributed by atoms with Crippen molar-refractivity contribution in [3.05, 3.63) is 35.9 Å². The topological polar surface area (TPSA) is 87.7 Å². The molecule has 2 N–H and O–H groups in total. The quantitative estimate of drug-likeness (QED) is 0.874. The summed E-state index contributed by atoms with van der Waals surface area (Å²) in [6.45, 7) is 1.99. The fourth-order valence-electron chi connectivity index (χ4n) is 1.57. The third-order valence-corrected chi connectivity index (χ3v) is 3.66. The van der Waals surface area contributed by atoms with Gasteiger partial charge < -0.3 is 0 Å². The van der Waals surface area contributed by atoms with Crippen molar-refractivity contribution in [2.45, 2.75) is 24.8 Å². The molecule has 2 aromatic rings. The average Bonchev–Trinajstić information content (AvgIpc) is 2.76. The normalized spacial score (nSPS) is 11.5. The number of nitrogens with zero attached hydrogens (tertiary/aromatic N) is 2. The summed E-state index contributed by atoms with van der Waals surface area (Å²) in [6, 6.07) is 3.93. The molecule has 0 aromatic carbocycles. The van der Waals surface area contributed by atoms with Crippen LogP contribution in [-0.4, -0.2) is 23.6 Å². The zero-order valence-electron chi connectivity index (χ0n) is 10.2. The lowest BCUT2D eigenvalue weighted by Crippen LogP contribution is -2.16. The summed E-state index contributed by atoms with van der Waals surface area (Å²) in [5.41, 5.74) is 0.807. The fourth-order valence-corrected chi connectivity index (χ4v) is 2.57. The molecule has 2 heterocycles. The molecular formula is C11H13FN4O2S. The molecule has 0 saturated carbocycles. The van der Waals surface area contributed by atoms with Crippen LogP contribution < -0.4 is 4.72 Å². The first-order valence-electron chi connectivity index (χ1n) is 5.70. The summed E-state index contributed by atoms with van der Waals surface area (Å²) in [7, 11) is -4.06. The minimum absolute atomic E-state index is 0.119. The van der Waals surface area contributed by atoms with Gasteiger partial charge in [-0.1, -0.05) is 13.3 Å². The van der Waals surface area contributed by atoms with Crippen molar-refractivity contribution < 1.29 is 12.8 Å². The third-order valence-electron chi connectivity index (χ3n) is 2.37. The highest BCUT2D eigenvalue weighted by molar-refractivity contribution is 7.92. The molecule has 0 amide bonds. The van der Waals surface area contributed by atoms with E-state index in [-0.39, 0.29) is 5.82 Å². The van der Waals surface area contributed by atoms with Gasteiger partial charge in [0.05, 0.1) is 0 Å². The van der Waals surface area contributed by atoms with Crippen LogP contribution in [0.4, 0.5) is 10.2 Å². The van der Waals surface area contributed by atoms with Crippen molar-refractivity contribution in [1.29, 1.82) is 0 Å². The lowest BCUT2D eigenvalue weighted by atomic mass is 10.2. The van der Waals surface area contributed by atoms with Gasteiger partial charge in [0.2, 0.25) is 5.03 Å². The first kappa shape index (κ1) is 13.5. The molecule has 2 rings (SSSR count). The van der Waals surface area contributed by atoms with Crippen molar-refractivity contribution in [3.63, 3.8) is 0 Å². The molecule has 8 heteroatoms. The zero-order chi connectivity index (χ0) is 13.9. The van der Waals surface area contributed by atoms with Crippen molar-refractivity contribution in [1.82, 2.24) is 15.2 Å². The van der Waals surface area contributed by atoms with Crippen LogP contribution >= 0.6 is 0 Å². The van der Waals surface area contributed by atoms with Gasteiger partial charge in [-0.05, 0) is 18.6 Å². The van der Waals surface area contributed by atoms with E-state index >= 15 is 0 Å². The highest BCUT2D eigenvalue weighted by atomic mass is 32.2. The molecule has 19 heavy (non-hydrogen) atoms. The number of hydrogen-bond acceptors (Lipinski definition) is 4. The number of aryl methyl sites for hydroxylation is 1. The molecule has 0 aliphatic rings. The molecule has 6 nitrogen and oxygen atoms in total. The molecule has 102 valence electrons. The van der Waals surface area contributed by atoms with Gasteiger partial charge in [0.15, 0.2) is 11.6 Å². The minimum atomic E-state index is -4.06. The van der Waals surface area contributed by atoms with E-state index in [0.717, 1.165) is 24.6 Å². The van der Waals surface area contributed by atoms with Crippen molar-refractivity contribution in [3.8, 4) is 0 Å². The van der Waals surface area contributed by atoms with Crippen LogP contribution in [0.15, 0.2) is 29.4 Å². The summed E-state index contributed by atoms with van der Waals surface area (Å²) < 4.78 is 39.4. The predicted octanol–water partition coefficient (Wildman–Crippen LogP) is 1.70. The molecule has 2 aromatic heterocycles. The van der Waals surface area contributed by atoms with E-state index in [2.05, 4.69) is 19.9 Å². The second-order valence-electron chi connectivity index (χ2n) is 3.92. The van der Waals surface area contributed by atoms with Gasteiger partial charge in [-0.15, -0.1) is 0 Å². The van der Waals surface area contributed by atoms with Gasteiger partial charge in [0, 0.05) is 18.0 Å². The average molecular weight is 284 g/mol. The van der Waals surface area contributed by atoms with E-state index in [1.807, 2.05) is 6.92 Å². The molecule has 0 fully saturated rings. The lowest BCUT2D eigenvalue weighted by Gasteiger charge is -2.04. The molecule has 0 spiro atoms. The highest BCUT2D eigenvalue weighted by Gasteiger charge is 2.21. The Kier molecular flexibility index (Phi) is 3.79. The first-order valence-corrected chi connectivity index (χ1v) is 7.19. The Labute approximate surface area is 110 Å². The third kappa shape index (κ3) is 3.08. The first-order chi connectivity index (χ1) is 9.03. The van der Waals surface area contributed by atoms with Crippen molar-refractivity contribution in [2.24, 2.45) is 0 Å². The van der Waals surface area contributed by atoms with Gasteiger partial charge in [-0.3, -0.25) is 9.82 Å². The Morgan fingerprint density at radius 1 is 1.47 bits per heavy atom. The number of rotatable bonds is 5. The van der Waals surface area contributed by atoms with Crippen LogP contribution in [0.2, 0.25) is 0 Å². The smallest absolute Gasteiger partial charge is 0.280 e. The van der Waals surface area contributed by atoms with E-state index in [9.17, 15) is 12.8 Å². The molecule has 0 aliphatic heterocycles. The Morgan fingerprint density at radius 2 is 2.26 bits per heavy atom. The Bertz CT molecular complexity index is 669. The monoisotopic (exact) mass is 284 g/mol. The zero-order valence-corrected chi connectivity index (χ0v) is 11.0. The fraction of sp³-hybridized carbons (Fsp3) is 0.273. The number of H-pyrrole nitrogens is 1. The summed E-state index contributed by atoms with van der Waals surface area (Å²) in [5, 5.41) is 5.87. The van der Waals surface area contributed by atoms with E-state index in [1.165, 1.54) is 12.3 Å². The van der Waals surface area contributed by atoms with Gasteiger partial charge >= 0.3 is 0 Å². The number of sulfonamides is 1. The van der Waals surface area contributed by atoms with Crippen LogP contribution in [0.25, 0.3) is 0 Å². The molecule has 0 bridgehead atoms. The van der Waals surface area contributed by atoms with Gasteiger partial charge in [0.25, 0.3) is 10.0 Å². The summed E-state index contributed by atoms with van der Waals surface area (Å²) in [4.78, 5) is 3.53. The molecule has 0 saturated heterocycles. The van der Waals surface area contributed by atoms with E-state index in [4.69, 9.17) is 0 Å². The maximum Gasteiger partial charge on any atom is 0.283 e. The SMILES string of the molecule is CCCc1cc(NS(=O)(=O)c2ncccc2F)n[nH]1. The molecule has 0 radical (unpaired) electrons. The maximum absolute atomic E-state index is 13.4. The second kappa shape index (κ2) is 5.35. The second-order valence-corrected chi connectivity index (χ2v) is 5.52. The molecule has 0 atom stereocenters. The van der Waals surface area contributed by atoms with Crippen LogP contribution in [0.5, 0.6) is 0 Å². The van der Waals surface area contributed by atoms with Crippen LogP contribution in [-0.2, 0) is 16.4 Å². The van der Waals surface area contributed by atoms with Gasteiger partial charge in [0.1, 0.15) is 0 Å². The number of halogens is 1. The van der Waals surface area contributed by atoms with E-state index in [1.54, 1.807) is 6.07 Å². The summed E-state index contributed by atoms with van der Waals surface area (Å²) in [6.07, 6.45) is 2.88. The number of hydrogen-bond donors (Lipinski definition) is 2. The molecule has 0 aliphatic carbocycles. The number of pyridine rings is 1.